The molecule has 0 atom stereocenters. The van der Waals surface area contributed by atoms with Crippen LogP contribution in [0.15, 0.2) is 48.5 Å². The minimum absolute atomic E-state index is 0.131. The van der Waals surface area contributed by atoms with E-state index in [2.05, 4.69) is 5.32 Å². The summed E-state index contributed by atoms with van der Waals surface area (Å²) in [6.45, 7) is 0.0582. The summed E-state index contributed by atoms with van der Waals surface area (Å²) in [6, 6.07) is 12.6. The summed E-state index contributed by atoms with van der Waals surface area (Å²) in [7, 11) is 0. The van der Waals surface area contributed by atoms with E-state index in [9.17, 15) is 14.7 Å². The Balaban J connectivity index is 1.68. The van der Waals surface area contributed by atoms with Gasteiger partial charge in [0.2, 0.25) is 0 Å². The Hall–Kier alpha value is -3.22. The maximum atomic E-state index is 11.7. The molecule has 0 heterocycles. The van der Waals surface area contributed by atoms with Gasteiger partial charge >= 0.3 is 5.97 Å². The van der Waals surface area contributed by atoms with Gasteiger partial charge < -0.3 is 25.0 Å². The van der Waals surface area contributed by atoms with Crippen LogP contribution < -0.4 is 10.1 Å². The largest absolute Gasteiger partial charge is 0.508 e. The molecule has 0 spiro atoms. The second-order valence-corrected chi connectivity index (χ2v) is 4.79. The molecule has 0 unspecified atom stereocenters. The van der Waals surface area contributed by atoms with Crippen LogP contribution in [0.4, 0.5) is 0 Å². The fourth-order valence-electron chi connectivity index (χ4n) is 1.83. The average molecular weight is 331 g/mol. The number of carbonyl (C=O) groups excluding carboxylic acids is 2. The van der Waals surface area contributed by atoms with Crippen LogP contribution in [0.3, 0.4) is 0 Å². The van der Waals surface area contributed by atoms with Crippen molar-refractivity contribution in [2.45, 2.75) is 0 Å². The van der Waals surface area contributed by atoms with Crippen molar-refractivity contribution in [3.63, 3.8) is 0 Å². The number of ether oxygens (including phenoxy) is 2. The zero-order valence-electron chi connectivity index (χ0n) is 12.8. The van der Waals surface area contributed by atoms with Gasteiger partial charge in [0.25, 0.3) is 5.91 Å². The topological polar surface area (TPSA) is 105 Å². The van der Waals surface area contributed by atoms with Crippen molar-refractivity contribution < 1.29 is 29.3 Å². The highest BCUT2D eigenvalue weighted by Gasteiger charge is 2.14. The van der Waals surface area contributed by atoms with Gasteiger partial charge in [-0.15, -0.1) is 0 Å². The summed E-state index contributed by atoms with van der Waals surface area (Å²) in [5, 5.41) is 21.2. The molecule has 2 aromatic carbocycles. The van der Waals surface area contributed by atoms with Crippen molar-refractivity contribution >= 4 is 11.9 Å². The molecule has 0 aliphatic rings. The number of amides is 1. The Morgan fingerprint density at radius 2 is 1.79 bits per heavy atom. The van der Waals surface area contributed by atoms with Gasteiger partial charge in [-0.2, -0.15) is 0 Å². The fraction of sp³-hybridized carbons (Fsp3) is 0.176. The van der Waals surface area contributed by atoms with Crippen LogP contribution in [0, 0.1) is 0 Å². The summed E-state index contributed by atoms with van der Waals surface area (Å²) in [5.41, 5.74) is -0.131. The molecular formula is C17H17NO6. The first-order chi connectivity index (χ1) is 11.6. The molecule has 7 heteroatoms. The zero-order valence-corrected chi connectivity index (χ0v) is 12.8. The number of esters is 1. The van der Waals surface area contributed by atoms with Crippen molar-refractivity contribution in [2.75, 3.05) is 19.8 Å². The lowest BCUT2D eigenvalue weighted by Crippen LogP contribution is -2.32. The highest BCUT2D eigenvalue weighted by Crippen LogP contribution is 2.23. The molecule has 0 bridgehead atoms. The van der Waals surface area contributed by atoms with E-state index in [1.54, 1.807) is 12.1 Å². The van der Waals surface area contributed by atoms with Gasteiger partial charge in [-0.3, -0.25) is 4.79 Å². The molecule has 1 amide bonds. The highest BCUT2D eigenvalue weighted by atomic mass is 16.5. The molecular weight excluding hydrogens is 314 g/mol. The summed E-state index contributed by atoms with van der Waals surface area (Å²) >= 11 is 0. The van der Waals surface area contributed by atoms with Gasteiger partial charge in [-0.25, -0.2) is 4.79 Å². The van der Waals surface area contributed by atoms with E-state index in [1.165, 1.54) is 12.1 Å². The number of aromatic hydroxyl groups is 2. The van der Waals surface area contributed by atoms with Gasteiger partial charge in [-0.05, 0) is 24.3 Å². The monoisotopic (exact) mass is 331 g/mol. The molecule has 0 aliphatic carbocycles. The van der Waals surface area contributed by atoms with Crippen molar-refractivity contribution in [3.05, 3.63) is 54.1 Å². The summed E-state index contributed by atoms with van der Waals surface area (Å²) < 4.78 is 10.2. The maximum Gasteiger partial charge on any atom is 0.342 e. The Bertz CT molecular complexity index is 701. The number of hydrogen-bond acceptors (Lipinski definition) is 6. The van der Waals surface area contributed by atoms with Crippen molar-refractivity contribution in [2.24, 2.45) is 0 Å². The van der Waals surface area contributed by atoms with Crippen LogP contribution in [-0.2, 0) is 9.53 Å². The van der Waals surface area contributed by atoms with Gasteiger partial charge in [0.15, 0.2) is 6.61 Å². The van der Waals surface area contributed by atoms with E-state index in [4.69, 9.17) is 14.6 Å². The molecule has 0 radical (unpaired) electrons. The zero-order chi connectivity index (χ0) is 17.4. The molecule has 126 valence electrons. The Labute approximate surface area is 138 Å². The molecule has 0 aliphatic heterocycles. The third-order valence-electron chi connectivity index (χ3n) is 2.97. The molecule has 3 N–H and O–H groups in total. The second kappa shape index (κ2) is 8.42. The lowest BCUT2D eigenvalue weighted by Gasteiger charge is -2.09. The predicted molar refractivity (Wildman–Crippen MR) is 85.0 cm³/mol. The molecule has 0 aromatic heterocycles. The van der Waals surface area contributed by atoms with Crippen LogP contribution in [-0.4, -0.2) is 41.8 Å². The number of phenols is 2. The molecule has 2 aromatic rings. The van der Waals surface area contributed by atoms with Gasteiger partial charge in [0.1, 0.15) is 29.4 Å². The van der Waals surface area contributed by atoms with Crippen LogP contribution in [0.1, 0.15) is 10.4 Å². The van der Waals surface area contributed by atoms with Gasteiger partial charge in [0.05, 0.1) is 6.54 Å². The molecule has 0 fully saturated rings. The smallest absolute Gasteiger partial charge is 0.342 e. The van der Waals surface area contributed by atoms with Crippen LogP contribution >= 0.6 is 0 Å². The number of nitrogens with one attached hydrogen (secondary N) is 1. The molecule has 0 saturated heterocycles. The normalized spacial score (nSPS) is 10.0. The standard InChI is InChI=1S/C17H17NO6/c19-12-6-7-14(15(20)10-12)17(22)24-11-16(21)18-8-9-23-13-4-2-1-3-5-13/h1-7,10,19-20H,8-9,11H2,(H,18,21). The molecule has 7 nitrogen and oxygen atoms in total. The minimum atomic E-state index is -0.858. The number of para-hydroxylation sites is 1. The van der Waals surface area contributed by atoms with Crippen LogP contribution in [0.5, 0.6) is 17.2 Å². The molecule has 24 heavy (non-hydrogen) atoms. The quantitative estimate of drug-likeness (QED) is 0.524. The summed E-state index contributed by atoms with van der Waals surface area (Å²) in [6.07, 6.45) is 0. The van der Waals surface area contributed by atoms with Crippen molar-refractivity contribution in [3.8, 4) is 17.2 Å². The SMILES string of the molecule is O=C(COC(=O)c1ccc(O)cc1O)NCCOc1ccccc1. The third kappa shape index (κ3) is 5.20. The lowest BCUT2D eigenvalue weighted by atomic mass is 10.2. The predicted octanol–water partition coefficient (Wildman–Crippen LogP) is 1.45. The first-order valence-electron chi connectivity index (χ1n) is 7.20. The van der Waals surface area contributed by atoms with E-state index in [0.29, 0.717) is 5.75 Å². The van der Waals surface area contributed by atoms with E-state index >= 15 is 0 Å². The Morgan fingerprint density at radius 1 is 1.04 bits per heavy atom. The van der Waals surface area contributed by atoms with Crippen molar-refractivity contribution in [1.29, 1.82) is 0 Å². The van der Waals surface area contributed by atoms with E-state index < -0.39 is 24.2 Å². The van der Waals surface area contributed by atoms with Gasteiger partial charge in [-0.1, -0.05) is 18.2 Å². The van der Waals surface area contributed by atoms with Gasteiger partial charge in [0, 0.05) is 6.07 Å². The number of phenolic OH excluding ortho intramolecular Hbond substituents is 2. The van der Waals surface area contributed by atoms with Crippen LogP contribution in [0.25, 0.3) is 0 Å². The lowest BCUT2D eigenvalue weighted by molar-refractivity contribution is -0.124. The number of hydrogen-bond donors (Lipinski definition) is 3. The van der Waals surface area contributed by atoms with E-state index in [1.807, 2.05) is 18.2 Å². The Kier molecular flexibility index (Phi) is 6.01. The minimum Gasteiger partial charge on any atom is -0.508 e. The van der Waals surface area contributed by atoms with Crippen LogP contribution in [0.2, 0.25) is 0 Å². The number of carbonyl (C=O) groups is 2. The fourth-order valence-corrected chi connectivity index (χ4v) is 1.83. The maximum absolute atomic E-state index is 11.7. The number of rotatable bonds is 7. The Morgan fingerprint density at radius 3 is 2.50 bits per heavy atom. The third-order valence-corrected chi connectivity index (χ3v) is 2.97. The summed E-state index contributed by atoms with van der Waals surface area (Å²) in [5.74, 6) is -1.25. The summed E-state index contributed by atoms with van der Waals surface area (Å²) in [4.78, 5) is 23.3. The van der Waals surface area contributed by atoms with Crippen molar-refractivity contribution in [1.82, 2.24) is 5.32 Å². The second-order valence-electron chi connectivity index (χ2n) is 4.79. The molecule has 2 rings (SSSR count). The number of benzene rings is 2. The average Bonchev–Trinajstić information content (AvgIpc) is 2.57. The molecule has 0 saturated carbocycles. The van der Waals surface area contributed by atoms with E-state index in [-0.39, 0.29) is 24.5 Å². The highest BCUT2D eigenvalue weighted by molar-refractivity contribution is 5.94. The first kappa shape index (κ1) is 17.1. The van der Waals surface area contributed by atoms with E-state index in [0.717, 1.165) is 6.07 Å². The first-order valence-corrected chi connectivity index (χ1v) is 7.20.